The Labute approximate surface area is 151 Å². The molecule has 26 heavy (non-hydrogen) atoms. The molecule has 8 heteroatoms. The largest absolute Gasteiger partial charge is 0.370 e. The molecular weight excluding hydrogens is 334 g/mol. The molecule has 3 heterocycles. The monoisotopic (exact) mass is 357 g/mol. The summed E-state index contributed by atoms with van der Waals surface area (Å²) in [4.78, 5) is 25.8. The molecule has 1 atom stereocenters. The van der Waals surface area contributed by atoms with Crippen LogP contribution in [0.25, 0.3) is 11.0 Å². The van der Waals surface area contributed by atoms with Gasteiger partial charge in [-0.1, -0.05) is 0 Å². The maximum Gasteiger partial charge on any atom is 0.224 e. The lowest BCUT2D eigenvalue weighted by atomic mass is 10.1. The summed E-state index contributed by atoms with van der Waals surface area (Å²) < 4.78 is 4.95. The van der Waals surface area contributed by atoms with E-state index in [1.807, 2.05) is 12.1 Å². The van der Waals surface area contributed by atoms with Crippen molar-refractivity contribution in [1.29, 1.82) is 0 Å². The third kappa shape index (κ3) is 3.49. The molecule has 2 fully saturated rings. The molecule has 2 amide bonds. The van der Waals surface area contributed by atoms with Crippen LogP contribution in [0.1, 0.15) is 44.9 Å². The maximum atomic E-state index is 12.3. The van der Waals surface area contributed by atoms with E-state index in [0.29, 0.717) is 36.0 Å². The van der Waals surface area contributed by atoms with Crippen LogP contribution in [-0.2, 0) is 9.59 Å². The summed E-state index contributed by atoms with van der Waals surface area (Å²) in [5, 5.41) is 13.8. The average Bonchev–Trinajstić information content (AvgIpc) is 3.30. The maximum absolute atomic E-state index is 12.3. The van der Waals surface area contributed by atoms with E-state index in [0.717, 1.165) is 25.2 Å². The molecule has 2 aliphatic rings. The van der Waals surface area contributed by atoms with Crippen molar-refractivity contribution in [2.24, 2.45) is 0 Å². The van der Waals surface area contributed by atoms with Gasteiger partial charge in [0, 0.05) is 32.0 Å². The minimum Gasteiger partial charge on any atom is -0.370 e. The van der Waals surface area contributed by atoms with Crippen LogP contribution in [0.4, 0.5) is 11.4 Å². The summed E-state index contributed by atoms with van der Waals surface area (Å²) in [6, 6.07) is 3.94. The zero-order valence-corrected chi connectivity index (χ0v) is 14.7. The molecule has 138 valence electrons. The van der Waals surface area contributed by atoms with Gasteiger partial charge in [-0.3, -0.25) is 9.59 Å². The van der Waals surface area contributed by atoms with Crippen LogP contribution in [0.15, 0.2) is 16.8 Å². The highest BCUT2D eigenvalue weighted by Gasteiger charge is 2.22. The first-order chi connectivity index (χ1) is 12.7. The van der Waals surface area contributed by atoms with Gasteiger partial charge < -0.3 is 15.5 Å². The second-order valence-corrected chi connectivity index (χ2v) is 7.03. The molecule has 2 saturated heterocycles. The molecule has 4 rings (SSSR count). The van der Waals surface area contributed by atoms with E-state index in [1.54, 1.807) is 0 Å². The number of amides is 2. The quantitative estimate of drug-likeness (QED) is 0.851. The fraction of sp³-hybridized carbons (Fsp3) is 0.556. The van der Waals surface area contributed by atoms with Crippen molar-refractivity contribution in [3.63, 3.8) is 0 Å². The van der Waals surface area contributed by atoms with Gasteiger partial charge >= 0.3 is 0 Å². The van der Waals surface area contributed by atoms with Crippen molar-refractivity contribution in [1.82, 2.24) is 15.6 Å². The first-order valence-corrected chi connectivity index (χ1v) is 9.30. The normalized spacial score (nSPS) is 20.4. The molecule has 2 aromatic rings. The number of nitrogens with one attached hydrogen (secondary N) is 2. The average molecular weight is 357 g/mol. The fourth-order valence-corrected chi connectivity index (χ4v) is 3.76. The number of hydrogen-bond donors (Lipinski definition) is 2. The molecule has 2 N–H and O–H groups in total. The van der Waals surface area contributed by atoms with E-state index < -0.39 is 0 Å². The first kappa shape index (κ1) is 16.8. The zero-order valence-electron chi connectivity index (χ0n) is 14.7. The first-order valence-electron chi connectivity index (χ1n) is 9.30. The van der Waals surface area contributed by atoms with Gasteiger partial charge in [0.15, 0.2) is 11.0 Å². The highest BCUT2D eigenvalue weighted by Crippen LogP contribution is 2.31. The van der Waals surface area contributed by atoms with Crippen molar-refractivity contribution >= 4 is 34.2 Å². The van der Waals surface area contributed by atoms with Gasteiger partial charge in [0.2, 0.25) is 11.8 Å². The molecule has 2 aliphatic heterocycles. The summed E-state index contributed by atoms with van der Waals surface area (Å²) >= 11 is 0. The molecular formula is C18H23N5O3. The number of benzene rings is 1. The fourth-order valence-electron chi connectivity index (χ4n) is 3.76. The number of carbonyl (C=O) groups excluding carboxylic acids is 2. The smallest absolute Gasteiger partial charge is 0.224 e. The summed E-state index contributed by atoms with van der Waals surface area (Å²) in [5.74, 6) is -0.0275. The lowest BCUT2D eigenvalue weighted by Crippen LogP contribution is -2.29. The van der Waals surface area contributed by atoms with Crippen molar-refractivity contribution in [3.05, 3.63) is 12.1 Å². The Kier molecular flexibility index (Phi) is 4.73. The van der Waals surface area contributed by atoms with Crippen LogP contribution in [-0.4, -0.2) is 41.3 Å². The summed E-state index contributed by atoms with van der Waals surface area (Å²) in [6.45, 7) is 2.00. The Morgan fingerprint density at radius 2 is 2.04 bits per heavy atom. The number of piperidine rings is 1. The minimum atomic E-state index is -0.0961. The Morgan fingerprint density at radius 1 is 1.23 bits per heavy atom. The molecule has 0 saturated carbocycles. The van der Waals surface area contributed by atoms with E-state index in [9.17, 15) is 9.59 Å². The second kappa shape index (κ2) is 7.31. The van der Waals surface area contributed by atoms with Crippen LogP contribution in [0.2, 0.25) is 0 Å². The summed E-state index contributed by atoms with van der Waals surface area (Å²) in [7, 11) is 0. The van der Waals surface area contributed by atoms with E-state index >= 15 is 0 Å². The van der Waals surface area contributed by atoms with Gasteiger partial charge in [0.05, 0.1) is 11.4 Å². The van der Waals surface area contributed by atoms with Gasteiger partial charge in [0.1, 0.15) is 0 Å². The predicted octanol–water partition coefficient (Wildman–Crippen LogP) is 2.21. The number of nitrogens with zero attached hydrogens (tertiary/aromatic N) is 3. The van der Waals surface area contributed by atoms with E-state index in [2.05, 4.69) is 25.8 Å². The number of aromatic nitrogens is 2. The number of rotatable bonds is 5. The van der Waals surface area contributed by atoms with Gasteiger partial charge in [0.25, 0.3) is 0 Å². The van der Waals surface area contributed by atoms with Crippen LogP contribution in [0.3, 0.4) is 0 Å². The molecule has 0 aliphatic carbocycles. The molecule has 0 bridgehead atoms. The van der Waals surface area contributed by atoms with Gasteiger partial charge in [-0.15, -0.1) is 0 Å². The highest BCUT2D eigenvalue weighted by molar-refractivity contribution is 6.02. The Hall–Kier alpha value is -2.64. The summed E-state index contributed by atoms with van der Waals surface area (Å²) in [6.07, 6.45) is 5.94. The lowest BCUT2D eigenvalue weighted by Gasteiger charge is -2.28. The molecule has 0 radical (unpaired) electrons. The molecule has 0 spiro atoms. The minimum absolute atomic E-state index is 0.0686. The number of anilines is 2. The second-order valence-electron chi connectivity index (χ2n) is 7.03. The van der Waals surface area contributed by atoms with Crippen molar-refractivity contribution in [2.75, 3.05) is 23.3 Å². The van der Waals surface area contributed by atoms with Crippen LogP contribution in [0.5, 0.6) is 0 Å². The SMILES string of the molecule is O=C(CCC1CCC(=O)N1)Nc1ccc(N2CCCCC2)c2nonc12. The Bertz CT molecular complexity index is 812. The van der Waals surface area contributed by atoms with E-state index in [1.165, 1.54) is 19.3 Å². The van der Waals surface area contributed by atoms with E-state index in [4.69, 9.17) is 4.63 Å². The van der Waals surface area contributed by atoms with Crippen LogP contribution < -0.4 is 15.5 Å². The predicted molar refractivity (Wildman–Crippen MR) is 96.9 cm³/mol. The van der Waals surface area contributed by atoms with Crippen molar-refractivity contribution < 1.29 is 14.2 Å². The number of carbonyl (C=O) groups is 2. The van der Waals surface area contributed by atoms with Crippen molar-refractivity contribution in [3.8, 4) is 0 Å². The molecule has 1 aromatic heterocycles. The van der Waals surface area contributed by atoms with Crippen LogP contribution in [0, 0.1) is 0 Å². The van der Waals surface area contributed by atoms with Gasteiger partial charge in [-0.25, -0.2) is 4.63 Å². The molecule has 8 nitrogen and oxygen atoms in total. The zero-order chi connectivity index (χ0) is 17.9. The topological polar surface area (TPSA) is 100 Å². The van der Waals surface area contributed by atoms with Gasteiger partial charge in [-0.2, -0.15) is 0 Å². The molecule has 1 aromatic carbocycles. The molecule has 1 unspecified atom stereocenters. The standard InChI is InChI=1S/C18H23N5O3/c24-15-8-4-12(19-15)5-9-16(25)20-13-6-7-14(18-17(13)21-26-22-18)23-10-2-1-3-11-23/h6-7,12H,1-5,8-11H2,(H,19,24)(H,20,25). The third-order valence-corrected chi connectivity index (χ3v) is 5.17. The number of hydrogen-bond acceptors (Lipinski definition) is 6. The lowest BCUT2D eigenvalue weighted by molar-refractivity contribution is -0.120. The van der Waals surface area contributed by atoms with E-state index in [-0.39, 0.29) is 17.9 Å². The number of fused-ring (bicyclic) bond motifs is 1. The highest BCUT2D eigenvalue weighted by atomic mass is 16.6. The Morgan fingerprint density at radius 3 is 2.81 bits per heavy atom. The van der Waals surface area contributed by atoms with Crippen LogP contribution >= 0.6 is 0 Å². The summed E-state index contributed by atoms with van der Waals surface area (Å²) in [5.41, 5.74) is 2.89. The Balaban J connectivity index is 1.44. The third-order valence-electron chi connectivity index (χ3n) is 5.17. The van der Waals surface area contributed by atoms with Crippen molar-refractivity contribution in [2.45, 2.75) is 51.0 Å². The van der Waals surface area contributed by atoms with Gasteiger partial charge in [-0.05, 0) is 54.6 Å².